The molecule has 0 fully saturated rings. The van der Waals surface area contributed by atoms with Gasteiger partial charge in [-0.05, 0) is 24.2 Å². The molecular weight excluding hydrogens is 188 g/mol. The Morgan fingerprint density at radius 3 is 2.33 bits per heavy atom. The van der Waals surface area contributed by atoms with Crippen LogP contribution in [0.25, 0.3) is 0 Å². The van der Waals surface area contributed by atoms with Crippen molar-refractivity contribution in [2.45, 2.75) is 13.5 Å². The summed E-state index contributed by atoms with van der Waals surface area (Å²) in [6.07, 6.45) is 0. The van der Waals surface area contributed by atoms with E-state index in [2.05, 4.69) is 29.7 Å². The van der Waals surface area contributed by atoms with Crippen molar-refractivity contribution in [2.24, 2.45) is 0 Å². The summed E-state index contributed by atoms with van der Waals surface area (Å²) in [5, 5.41) is 6.64. The zero-order valence-electron chi connectivity index (χ0n) is 9.55. The third-order valence-corrected chi connectivity index (χ3v) is 2.22. The first-order valence-corrected chi connectivity index (χ1v) is 5.41. The highest BCUT2D eigenvalue weighted by molar-refractivity contribution is 5.26. The lowest BCUT2D eigenvalue weighted by Crippen LogP contribution is -2.26. The van der Waals surface area contributed by atoms with Crippen LogP contribution in [-0.4, -0.2) is 26.7 Å². The van der Waals surface area contributed by atoms with E-state index in [9.17, 15) is 0 Å². The van der Waals surface area contributed by atoms with Gasteiger partial charge in [-0.2, -0.15) is 0 Å². The lowest BCUT2D eigenvalue weighted by molar-refractivity contribution is 0.414. The first kappa shape index (κ1) is 12.0. The molecule has 15 heavy (non-hydrogen) atoms. The van der Waals surface area contributed by atoms with E-state index in [1.807, 2.05) is 12.1 Å². The first-order valence-electron chi connectivity index (χ1n) is 5.41. The summed E-state index contributed by atoms with van der Waals surface area (Å²) >= 11 is 0. The van der Waals surface area contributed by atoms with Crippen LogP contribution in [-0.2, 0) is 6.54 Å². The fraction of sp³-hybridized carbons (Fsp3) is 0.500. The average Bonchev–Trinajstić information content (AvgIpc) is 2.30. The van der Waals surface area contributed by atoms with Crippen molar-refractivity contribution in [3.63, 3.8) is 0 Å². The molecule has 1 rings (SSSR count). The maximum atomic E-state index is 5.10. The van der Waals surface area contributed by atoms with Gasteiger partial charge in [0.05, 0.1) is 7.11 Å². The van der Waals surface area contributed by atoms with E-state index in [4.69, 9.17) is 4.74 Å². The Morgan fingerprint density at radius 1 is 1.07 bits per heavy atom. The Labute approximate surface area is 91.8 Å². The molecule has 0 aliphatic rings. The maximum absolute atomic E-state index is 5.10. The molecule has 1 aromatic rings. The molecule has 1 aromatic carbocycles. The monoisotopic (exact) mass is 208 g/mol. The first-order chi connectivity index (χ1) is 7.36. The molecule has 0 aliphatic heterocycles. The molecule has 0 saturated carbocycles. The molecule has 0 saturated heterocycles. The van der Waals surface area contributed by atoms with E-state index in [0.29, 0.717) is 0 Å². The van der Waals surface area contributed by atoms with E-state index in [1.165, 1.54) is 5.56 Å². The van der Waals surface area contributed by atoms with Crippen molar-refractivity contribution in [1.82, 2.24) is 10.6 Å². The van der Waals surface area contributed by atoms with Gasteiger partial charge in [-0.1, -0.05) is 19.1 Å². The van der Waals surface area contributed by atoms with Gasteiger partial charge in [0.15, 0.2) is 0 Å². The van der Waals surface area contributed by atoms with E-state index >= 15 is 0 Å². The third kappa shape index (κ3) is 4.81. The zero-order valence-corrected chi connectivity index (χ0v) is 9.55. The lowest BCUT2D eigenvalue weighted by atomic mass is 10.2. The summed E-state index contributed by atoms with van der Waals surface area (Å²) in [4.78, 5) is 0. The van der Waals surface area contributed by atoms with E-state index in [1.54, 1.807) is 7.11 Å². The van der Waals surface area contributed by atoms with Gasteiger partial charge in [0.25, 0.3) is 0 Å². The number of nitrogens with one attached hydrogen (secondary N) is 2. The van der Waals surface area contributed by atoms with Crippen LogP contribution in [0.5, 0.6) is 5.75 Å². The normalized spacial score (nSPS) is 10.3. The molecule has 84 valence electrons. The van der Waals surface area contributed by atoms with Gasteiger partial charge in [-0.25, -0.2) is 0 Å². The Kier molecular flexibility index (Phi) is 5.81. The molecule has 0 atom stereocenters. The van der Waals surface area contributed by atoms with Gasteiger partial charge < -0.3 is 15.4 Å². The van der Waals surface area contributed by atoms with E-state index in [-0.39, 0.29) is 0 Å². The number of hydrogen-bond acceptors (Lipinski definition) is 3. The molecule has 0 unspecified atom stereocenters. The van der Waals surface area contributed by atoms with Gasteiger partial charge in [0, 0.05) is 19.6 Å². The number of likely N-dealkylation sites (N-methyl/N-ethyl adjacent to an activating group) is 1. The molecule has 0 bridgehead atoms. The molecule has 0 spiro atoms. The smallest absolute Gasteiger partial charge is 0.118 e. The largest absolute Gasteiger partial charge is 0.497 e. The van der Waals surface area contributed by atoms with Crippen molar-refractivity contribution in [1.29, 1.82) is 0 Å². The minimum absolute atomic E-state index is 0.909. The quantitative estimate of drug-likeness (QED) is 0.664. The van der Waals surface area contributed by atoms with Gasteiger partial charge in [-0.3, -0.25) is 0 Å². The van der Waals surface area contributed by atoms with Crippen LogP contribution in [0.1, 0.15) is 12.5 Å². The molecule has 0 radical (unpaired) electrons. The average molecular weight is 208 g/mol. The molecule has 3 nitrogen and oxygen atoms in total. The highest BCUT2D eigenvalue weighted by atomic mass is 16.5. The van der Waals surface area contributed by atoms with Crippen molar-refractivity contribution in [3.8, 4) is 5.75 Å². The number of methoxy groups -OCH3 is 1. The van der Waals surface area contributed by atoms with Crippen molar-refractivity contribution < 1.29 is 4.74 Å². The van der Waals surface area contributed by atoms with Crippen LogP contribution in [0, 0.1) is 0 Å². The maximum Gasteiger partial charge on any atom is 0.118 e. The Morgan fingerprint density at radius 2 is 1.73 bits per heavy atom. The summed E-state index contributed by atoms with van der Waals surface area (Å²) in [6, 6.07) is 8.14. The predicted octanol–water partition coefficient (Wildman–Crippen LogP) is 1.39. The molecule has 2 N–H and O–H groups in total. The highest BCUT2D eigenvalue weighted by Crippen LogP contribution is 2.10. The Hall–Kier alpha value is -1.06. The third-order valence-electron chi connectivity index (χ3n) is 2.22. The van der Waals surface area contributed by atoms with Crippen LogP contribution in [0.3, 0.4) is 0 Å². The van der Waals surface area contributed by atoms with E-state index < -0.39 is 0 Å². The second kappa shape index (κ2) is 7.26. The summed E-state index contributed by atoms with van der Waals surface area (Å²) < 4.78 is 5.10. The molecular formula is C12H20N2O. The summed E-state index contributed by atoms with van der Waals surface area (Å²) in [6.45, 7) is 6.08. The lowest BCUT2D eigenvalue weighted by Gasteiger charge is -2.06. The van der Waals surface area contributed by atoms with Crippen LogP contribution >= 0.6 is 0 Å². The van der Waals surface area contributed by atoms with Crippen LogP contribution in [0.2, 0.25) is 0 Å². The fourth-order valence-electron chi connectivity index (χ4n) is 1.33. The number of ether oxygens (including phenoxy) is 1. The summed E-state index contributed by atoms with van der Waals surface area (Å²) in [5.41, 5.74) is 1.28. The summed E-state index contributed by atoms with van der Waals surface area (Å²) in [7, 11) is 1.68. The number of rotatable bonds is 7. The summed E-state index contributed by atoms with van der Waals surface area (Å²) in [5.74, 6) is 0.909. The molecule has 0 amide bonds. The van der Waals surface area contributed by atoms with Gasteiger partial charge in [-0.15, -0.1) is 0 Å². The van der Waals surface area contributed by atoms with Crippen LogP contribution in [0.15, 0.2) is 24.3 Å². The second-order valence-electron chi connectivity index (χ2n) is 3.38. The zero-order chi connectivity index (χ0) is 10.9. The minimum Gasteiger partial charge on any atom is -0.497 e. The van der Waals surface area contributed by atoms with Gasteiger partial charge in [0.2, 0.25) is 0 Å². The molecule has 3 heteroatoms. The van der Waals surface area contributed by atoms with Crippen molar-refractivity contribution in [3.05, 3.63) is 29.8 Å². The minimum atomic E-state index is 0.909. The predicted molar refractivity (Wildman–Crippen MR) is 63.2 cm³/mol. The van der Waals surface area contributed by atoms with Crippen molar-refractivity contribution >= 4 is 0 Å². The fourth-order valence-corrected chi connectivity index (χ4v) is 1.33. The Bertz CT molecular complexity index is 259. The number of hydrogen-bond donors (Lipinski definition) is 2. The standard InChI is InChI=1S/C12H20N2O/c1-3-13-8-9-14-10-11-4-6-12(15-2)7-5-11/h4-7,13-14H,3,8-10H2,1-2H3. The second-order valence-corrected chi connectivity index (χ2v) is 3.38. The van der Waals surface area contributed by atoms with Crippen molar-refractivity contribution in [2.75, 3.05) is 26.7 Å². The van der Waals surface area contributed by atoms with Gasteiger partial charge >= 0.3 is 0 Å². The van der Waals surface area contributed by atoms with Gasteiger partial charge in [0.1, 0.15) is 5.75 Å². The SMILES string of the molecule is CCNCCNCc1ccc(OC)cc1. The van der Waals surface area contributed by atoms with Crippen LogP contribution in [0.4, 0.5) is 0 Å². The highest BCUT2D eigenvalue weighted by Gasteiger charge is 1.93. The Balaban J connectivity index is 2.20. The van der Waals surface area contributed by atoms with Crippen LogP contribution < -0.4 is 15.4 Å². The molecule has 0 aliphatic carbocycles. The molecule has 0 heterocycles. The topological polar surface area (TPSA) is 33.3 Å². The van der Waals surface area contributed by atoms with E-state index in [0.717, 1.165) is 31.9 Å². The number of benzene rings is 1. The molecule has 0 aromatic heterocycles.